The van der Waals surface area contributed by atoms with E-state index in [-0.39, 0.29) is 5.69 Å². The van der Waals surface area contributed by atoms with Crippen LogP contribution in [0.3, 0.4) is 0 Å². The minimum absolute atomic E-state index is 0.237. The number of amides is 2. The maximum atomic E-state index is 11.3. The van der Waals surface area contributed by atoms with E-state index >= 15 is 0 Å². The van der Waals surface area contributed by atoms with Crippen molar-refractivity contribution in [3.63, 3.8) is 0 Å². The van der Waals surface area contributed by atoms with Gasteiger partial charge in [0.2, 0.25) is 6.41 Å². The van der Waals surface area contributed by atoms with Crippen LogP contribution in [0.2, 0.25) is 0 Å². The minimum Gasteiger partial charge on any atom is -0.294 e. The number of benzene rings is 1. The molecule has 15 heavy (non-hydrogen) atoms. The molecule has 4 heteroatoms. The molecule has 0 aliphatic rings. The number of carbonyl (C=O) groups excluding carboxylic acids is 2. The molecule has 0 saturated carbocycles. The number of hydrogen-bond donors (Lipinski definition) is 1. The van der Waals surface area contributed by atoms with E-state index in [0.717, 1.165) is 10.9 Å². The number of pyridine rings is 1. The van der Waals surface area contributed by atoms with Crippen molar-refractivity contribution in [1.82, 2.24) is 10.3 Å². The quantitative estimate of drug-likeness (QED) is 0.739. The number of nitrogens with zero attached hydrogens (tertiary/aromatic N) is 1. The van der Waals surface area contributed by atoms with Crippen LogP contribution in [0.1, 0.15) is 10.5 Å². The summed E-state index contributed by atoms with van der Waals surface area (Å²) in [7, 11) is 0. The maximum Gasteiger partial charge on any atom is 0.276 e. The van der Waals surface area contributed by atoms with Crippen molar-refractivity contribution in [2.45, 2.75) is 0 Å². The van der Waals surface area contributed by atoms with Crippen molar-refractivity contribution in [3.05, 3.63) is 42.1 Å². The van der Waals surface area contributed by atoms with Crippen LogP contribution in [0.15, 0.2) is 36.4 Å². The lowest BCUT2D eigenvalue weighted by molar-refractivity contribution is -0.108. The molecule has 0 radical (unpaired) electrons. The summed E-state index contributed by atoms with van der Waals surface area (Å²) in [6.45, 7) is 0. The van der Waals surface area contributed by atoms with Gasteiger partial charge in [0.25, 0.3) is 5.91 Å². The van der Waals surface area contributed by atoms with Crippen LogP contribution in [0, 0.1) is 0 Å². The first-order valence-electron chi connectivity index (χ1n) is 4.41. The van der Waals surface area contributed by atoms with Gasteiger partial charge in [0, 0.05) is 5.39 Å². The zero-order chi connectivity index (χ0) is 10.7. The third-order valence-electron chi connectivity index (χ3n) is 2.02. The Balaban J connectivity index is 2.46. The highest BCUT2D eigenvalue weighted by Crippen LogP contribution is 2.11. The summed E-state index contributed by atoms with van der Waals surface area (Å²) in [5.41, 5.74) is 0.969. The topological polar surface area (TPSA) is 59.1 Å². The number of para-hydroxylation sites is 1. The number of rotatable bonds is 2. The standard InChI is InChI=1S/C11H8N2O2/c14-7-12-11(15)10-6-5-8-3-1-2-4-9(8)13-10/h1-7H,(H,12,14,15). The summed E-state index contributed by atoms with van der Waals surface area (Å²) in [4.78, 5) is 25.5. The van der Waals surface area contributed by atoms with Crippen LogP contribution < -0.4 is 5.32 Å². The summed E-state index contributed by atoms with van der Waals surface area (Å²) < 4.78 is 0. The van der Waals surface area contributed by atoms with Crippen LogP contribution in [-0.4, -0.2) is 17.3 Å². The van der Waals surface area contributed by atoms with E-state index < -0.39 is 5.91 Å². The molecule has 2 rings (SSSR count). The van der Waals surface area contributed by atoms with Gasteiger partial charge in [-0.25, -0.2) is 4.98 Å². The molecule has 1 N–H and O–H groups in total. The van der Waals surface area contributed by atoms with Gasteiger partial charge >= 0.3 is 0 Å². The molecule has 4 nitrogen and oxygen atoms in total. The molecule has 2 amide bonds. The first kappa shape index (κ1) is 9.33. The number of hydrogen-bond acceptors (Lipinski definition) is 3. The molecule has 0 fully saturated rings. The van der Waals surface area contributed by atoms with Gasteiger partial charge in [-0.05, 0) is 12.1 Å². The monoisotopic (exact) mass is 200 g/mol. The second kappa shape index (κ2) is 3.88. The van der Waals surface area contributed by atoms with Crippen LogP contribution >= 0.6 is 0 Å². The van der Waals surface area contributed by atoms with Gasteiger partial charge in [-0.2, -0.15) is 0 Å². The molecule has 1 heterocycles. The highest BCUT2D eigenvalue weighted by Gasteiger charge is 2.06. The van der Waals surface area contributed by atoms with Crippen LogP contribution in [0.4, 0.5) is 0 Å². The van der Waals surface area contributed by atoms with Crippen molar-refractivity contribution < 1.29 is 9.59 Å². The highest BCUT2D eigenvalue weighted by molar-refractivity contribution is 5.99. The Kier molecular flexibility index (Phi) is 2.41. The second-order valence-corrected chi connectivity index (χ2v) is 2.98. The molecule has 1 aromatic carbocycles. The molecule has 0 atom stereocenters. The Morgan fingerprint density at radius 2 is 2.00 bits per heavy atom. The van der Waals surface area contributed by atoms with Gasteiger partial charge in [-0.3, -0.25) is 14.9 Å². The summed E-state index contributed by atoms with van der Waals surface area (Å²) in [5, 5.41) is 3.00. The average molecular weight is 200 g/mol. The SMILES string of the molecule is O=CNC(=O)c1ccc2ccccc2n1. The number of carbonyl (C=O) groups is 2. The Morgan fingerprint density at radius 1 is 1.20 bits per heavy atom. The molecule has 0 unspecified atom stereocenters. The van der Waals surface area contributed by atoms with Gasteiger partial charge in [-0.1, -0.05) is 24.3 Å². The number of imide groups is 1. The maximum absolute atomic E-state index is 11.3. The van der Waals surface area contributed by atoms with E-state index in [9.17, 15) is 9.59 Å². The minimum atomic E-state index is -0.490. The van der Waals surface area contributed by atoms with Crippen LogP contribution in [0.5, 0.6) is 0 Å². The zero-order valence-electron chi connectivity index (χ0n) is 7.81. The molecular formula is C11H8N2O2. The van der Waals surface area contributed by atoms with E-state index in [1.54, 1.807) is 12.1 Å². The molecule has 74 valence electrons. The molecule has 0 spiro atoms. The molecule has 0 bridgehead atoms. The summed E-state index contributed by atoms with van der Waals surface area (Å²) in [5.74, 6) is -0.490. The Hall–Kier alpha value is -2.23. The fourth-order valence-corrected chi connectivity index (χ4v) is 1.32. The summed E-state index contributed by atoms with van der Waals surface area (Å²) in [6, 6.07) is 10.8. The first-order chi connectivity index (χ1) is 7.31. The van der Waals surface area contributed by atoms with Crippen LogP contribution in [-0.2, 0) is 4.79 Å². The van der Waals surface area contributed by atoms with Crippen molar-refractivity contribution in [2.24, 2.45) is 0 Å². The van der Waals surface area contributed by atoms with E-state index in [0.29, 0.717) is 6.41 Å². The molecule has 0 aliphatic carbocycles. The van der Waals surface area contributed by atoms with Crippen molar-refractivity contribution >= 4 is 23.2 Å². The number of fused-ring (bicyclic) bond motifs is 1. The van der Waals surface area contributed by atoms with E-state index in [1.807, 2.05) is 29.6 Å². The van der Waals surface area contributed by atoms with Gasteiger partial charge in [0.05, 0.1) is 5.52 Å². The fourth-order valence-electron chi connectivity index (χ4n) is 1.32. The third-order valence-corrected chi connectivity index (χ3v) is 2.02. The molecule has 0 aliphatic heterocycles. The van der Waals surface area contributed by atoms with Gasteiger partial charge in [0.1, 0.15) is 5.69 Å². The van der Waals surface area contributed by atoms with Gasteiger partial charge in [-0.15, -0.1) is 0 Å². The Bertz CT molecular complexity index is 523. The van der Waals surface area contributed by atoms with Crippen LogP contribution in [0.25, 0.3) is 10.9 Å². The predicted molar refractivity (Wildman–Crippen MR) is 55.3 cm³/mol. The predicted octanol–water partition coefficient (Wildman–Crippen LogP) is 1.12. The molecule has 2 aromatic rings. The van der Waals surface area contributed by atoms with Gasteiger partial charge < -0.3 is 0 Å². The summed E-state index contributed by atoms with van der Waals surface area (Å²) >= 11 is 0. The first-order valence-corrected chi connectivity index (χ1v) is 4.41. The smallest absolute Gasteiger partial charge is 0.276 e. The van der Waals surface area contributed by atoms with E-state index in [1.165, 1.54) is 0 Å². The third kappa shape index (κ3) is 1.83. The normalized spacial score (nSPS) is 9.87. The lowest BCUT2D eigenvalue weighted by atomic mass is 10.2. The lowest BCUT2D eigenvalue weighted by Gasteiger charge is -2.00. The number of nitrogens with one attached hydrogen (secondary N) is 1. The largest absolute Gasteiger partial charge is 0.294 e. The highest BCUT2D eigenvalue weighted by atomic mass is 16.2. The zero-order valence-corrected chi connectivity index (χ0v) is 7.81. The van der Waals surface area contributed by atoms with Crippen molar-refractivity contribution in [1.29, 1.82) is 0 Å². The van der Waals surface area contributed by atoms with Crippen molar-refractivity contribution in [2.75, 3.05) is 0 Å². The number of aromatic nitrogens is 1. The molecule has 1 aromatic heterocycles. The second-order valence-electron chi connectivity index (χ2n) is 2.98. The average Bonchev–Trinajstić information content (AvgIpc) is 2.29. The summed E-state index contributed by atoms with van der Waals surface area (Å²) in [6.07, 6.45) is 0.346. The Labute approximate surface area is 85.9 Å². The molecule has 0 saturated heterocycles. The van der Waals surface area contributed by atoms with E-state index in [2.05, 4.69) is 4.98 Å². The fraction of sp³-hybridized carbons (Fsp3) is 0. The van der Waals surface area contributed by atoms with Gasteiger partial charge in [0.15, 0.2) is 0 Å². The van der Waals surface area contributed by atoms with Crippen molar-refractivity contribution in [3.8, 4) is 0 Å². The molecular weight excluding hydrogens is 192 g/mol. The van der Waals surface area contributed by atoms with E-state index in [4.69, 9.17) is 0 Å². The lowest BCUT2D eigenvalue weighted by Crippen LogP contribution is -2.22. The Morgan fingerprint density at radius 3 is 2.80 bits per heavy atom.